The highest BCUT2D eigenvalue weighted by molar-refractivity contribution is 5.66. The van der Waals surface area contributed by atoms with Crippen LogP contribution in [0.2, 0.25) is 0 Å². The molecule has 0 radical (unpaired) electrons. The fraction of sp³-hybridized carbons (Fsp3) is 0.533. The SMILES string of the molecule is CN[C@H](Cc1ccccc1)C(O)CCCCC(=O)O. The lowest BCUT2D eigenvalue weighted by atomic mass is 9.97. The Morgan fingerprint density at radius 1 is 1.26 bits per heavy atom. The molecule has 4 nitrogen and oxygen atoms in total. The molecule has 0 aromatic heterocycles. The predicted octanol–water partition coefficient (Wildman–Crippen LogP) is 1.82. The second-order valence-electron chi connectivity index (χ2n) is 4.79. The van der Waals surface area contributed by atoms with Crippen molar-refractivity contribution in [2.24, 2.45) is 0 Å². The zero-order valence-corrected chi connectivity index (χ0v) is 11.4. The van der Waals surface area contributed by atoms with E-state index < -0.39 is 12.1 Å². The minimum Gasteiger partial charge on any atom is -0.481 e. The van der Waals surface area contributed by atoms with E-state index in [-0.39, 0.29) is 12.5 Å². The summed E-state index contributed by atoms with van der Waals surface area (Å²) in [4.78, 5) is 10.4. The number of benzene rings is 1. The lowest BCUT2D eigenvalue weighted by Crippen LogP contribution is -2.39. The Morgan fingerprint density at radius 2 is 1.95 bits per heavy atom. The maximum Gasteiger partial charge on any atom is 0.303 e. The van der Waals surface area contributed by atoms with Crippen LogP contribution in [0.5, 0.6) is 0 Å². The largest absolute Gasteiger partial charge is 0.481 e. The van der Waals surface area contributed by atoms with Crippen LogP contribution in [0, 0.1) is 0 Å². The van der Waals surface area contributed by atoms with Crippen LogP contribution in [0.1, 0.15) is 31.2 Å². The van der Waals surface area contributed by atoms with E-state index >= 15 is 0 Å². The molecule has 0 aliphatic rings. The number of unbranched alkanes of at least 4 members (excludes halogenated alkanes) is 1. The van der Waals surface area contributed by atoms with Gasteiger partial charge in [0.1, 0.15) is 0 Å². The van der Waals surface area contributed by atoms with Gasteiger partial charge < -0.3 is 15.5 Å². The van der Waals surface area contributed by atoms with Crippen LogP contribution in [0.4, 0.5) is 0 Å². The molecule has 0 saturated carbocycles. The molecule has 0 saturated heterocycles. The van der Waals surface area contributed by atoms with Gasteiger partial charge in [-0.15, -0.1) is 0 Å². The summed E-state index contributed by atoms with van der Waals surface area (Å²) >= 11 is 0. The number of aliphatic carboxylic acids is 1. The molecular weight excluding hydrogens is 242 g/mol. The molecule has 4 heteroatoms. The quantitative estimate of drug-likeness (QED) is 0.596. The van der Waals surface area contributed by atoms with Gasteiger partial charge in [0.15, 0.2) is 0 Å². The minimum atomic E-state index is -0.774. The summed E-state index contributed by atoms with van der Waals surface area (Å²) in [6, 6.07) is 10.0. The average molecular weight is 265 g/mol. The molecule has 1 aromatic carbocycles. The van der Waals surface area contributed by atoms with Gasteiger partial charge >= 0.3 is 5.97 Å². The second kappa shape index (κ2) is 8.67. The Labute approximate surface area is 114 Å². The smallest absolute Gasteiger partial charge is 0.303 e. The van der Waals surface area contributed by atoms with E-state index in [1.165, 1.54) is 5.56 Å². The zero-order chi connectivity index (χ0) is 14.1. The lowest BCUT2D eigenvalue weighted by Gasteiger charge is -2.22. The number of carboxylic acid groups (broad SMARTS) is 1. The van der Waals surface area contributed by atoms with E-state index in [1.807, 2.05) is 37.4 Å². The molecule has 0 amide bonds. The van der Waals surface area contributed by atoms with Gasteiger partial charge in [-0.3, -0.25) is 4.79 Å². The monoisotopic (exact) mass is 265 g/mol. The number of likely N-dealkylation sites (N-methyl/N-ethyl adjacent to an activating group) is 1. The molecule has 0 aliphatic heterocycles. The summed E-state index contributed by atoms with van der Waals surface area (Å²) in [5.41, 5.74) is 1.19. The van der Waals surface area contributed by atoms with Crippen LogP contribution in [0.25, 0.3) is 0 Å². The molecule has 3 N–H and O–H groups in total. The van der Waals surface area contributed by atoms with Crippen molar-refractivity contribution in [2.75, 3.05) is 7.05 Å². The van der Waals surface area contributed by atoms with Crippen molar-refractivity contribution in [3.63, 3.8) is 0 Å². The Kier molecular flexibility index (Phi) is 7.15. The number of hydrogen-bond donors (Lipinski definition) is 3. The molecule has 2 atom stereocenters. The highest BCUT2D eigenvalue weighted by atomic mass is 16.4. The van der Waals surface area contributed by atoms with Crippen molar-refractivity contribution in [1.82, 2.24) is 5.32 Å². The van der Waals surface area contributed by atoms with Crippen molar-refractivity contribution in [3.8, 4) is 0 Å². The molecule has 19 heavy (non-hydrogen) atoms. The standard InChI is InChI=1S/C15H23NO3/c1-16-13(11-12-7-3-2-4-8-12)14(17)9-5-6-10-15(18)19/h2-4,7-8,13-14,16-17H,5-6,9-11H2,1H3,(H,18,19)/t13-,14?/m1/s1. The average Bonchev–Trinajstić information content (AvgIpc) is 2.41. The Bertz CT molecular complexity index is 367. The van der Waals surface area contributed by atoms with Crippen LogP contribution < -0.4 is 5.32 Å². The van der Waals surface area contributed by atoms with Crippen molar-refractivity contribution in [2.45, 2.75) is 44.2 Å². The number of hydrogen-bond acceptors (Lipinski definition) is 3. The minimum absolute atomic E-state index is 0.00669. The van der Waals surface area contributed by atoms with Gasteiger partial charge in [-0.05, 0) is 31.9 Å². The highest BCUT2D eigenvalue weighted by Crippen LogP contribution is 2.11. The summed E-state index contributed by atoms with van der Waals surface area (Å²) in [7, 11) is 1.84. The fourth-order valence-corrected chi connectivity index (χ4v) is 2.13. The van der Waals surface area contributed by atoms with Crippen LogP contribution in [0.15, 0.2) is 30.3 Å². The van der Waals surface area contributed by atoms with Gasteiger partial charge in [-0.25, -0.2) is 0 Å². The maximum atomic E-state index is 10.4. The molecule has 0 heterocycles. The first-order valence-electron chi connectivity index (χ1n) is 6.74. The summed E-state index contributed by atoms with van der Waals surface area (Å²) in [6.45, 7) is 0. The van der Waals surface area contributed by atoms with Gasteiger partial charge in [0, 0.05) is 12.5 Å². The van der Waals surface area contributed by atoms with Crippen LogP contribution in [-0.4, -0.2) is 35.4 Å². The van der Waals surface area contributed by atoms with Crippen molar-refractivity contribution >= 4 is 5.97 Å². The number of carboxylic acids is 1. The molecule has 0 spiro atoms. The number of carbonyl (C=O) groups is 1. The first-order valence-corrected chi connectivity index (χ1v) is 6.74. The molecule has 106 valence electrons. The Hall–Kier alpha value is -1.39. The molecule has 0 aliphatic carbocycles. The van der Waals surface area contributed by atoms with E-state index in [1.54, 1.807) is 0 Å². The second-order valence-corrected chi connectivity index (χ2v) is 4.79. The first-order chi connectivity index (χ1) is 9.13. The van der Waals surface area contributed by atoms with Crippen LogP contribution in [-0.2, 0) is 11.2 Å². The Morgan fingerprint density at radius 3 is 2.53 bits per heavy atom. The van der Waals surface area contributed by atoms with Crippen LogP contribution >= 0.6 is 0 Å². The number of aliphatic hydroxyl groups excluding tert-OH is 1. The molecule has 1 rings (SSSR count). The zero-order valence-electron chi connectivity index (χ0n) is 11.4. The van der Waals surface area contributed by atoms with Gasteiger partial charge in [0.05, 0.1) is 6.10 Å². The summed E-state index contributed by atoms with van der Waals surface area (Å²) < 4.78 is 0. The summed E-state index contributed by atoms with van der Waals surface area (Å²) in [5, 5.41) is 21.8. The third-order valence-electron chi connectivity index (χ3n) is 3.27. The molecule has 0 fully saturated rings. The summed E-state index contributed by atoms with van der Waals surface area (Å²) in [5.74, 6) is -0.774. The predicted molar refractivity (Wildman–Crippen MR) is 75.1 cm³/mol. The van der Waals surface area contributed by atoms with E-state index in [0.717, 1.165) is 12.8 Å². The number of aliphatic hydroxyl groups is 1. The molecular formula is C15H23NO3. The van der Waals surface area contributed by atoms with Gasteiger partial charge in [-0.1, -0.05) is 36.8 Å². The third kappa shape index (κ3) is 6.36. The normalized spacial score (nSPS) is 14.0. The van der Waals surface area contributed by atoms with E-state index in [0.29, 0.717) is 12.8 Å². The van der Waals surface area contributed by atoms with Gasteiger partial charge in [-0.2, -0.15) is 0 Å². The maximum absolute atomic E-state index is 10.4. The van der Waals surface area contributed by atoms with E-state index in [9.17, 15) is 9.90 Å². The van der Waals surface area contributed by atoms with Crippen LogP contribution in [0.3, 0.4) is 0 Å². The fourth-order valence-electron chi connectivity index (χ4n) is 2.13. The van der Waals surface area contributed by atoms with E-state index in [2.05, 4.69) is 5.32 Å². The topological polar surface area (TPSA) is 69.6 Å². The van der Waals surface area contributed by atoms with E-state index in [4.69, 9.17) is 5.11 Å². The molecule has 1 unspecified atom stereocenters. The lowest BCUT2D eigenvalue weighted by molar-refractivity contribution is -0.137. The first kappa shape index (κ1) is 15.7. The highest BCUT2D eigenvalue weighted by Gasteiger charge is 2.17. The van der Waals surface area contributed by atoms with Gasteiger partial charge in [0.25, 0.3) is 0 Å². The van der Waals surface area contributed by atoms with Gasteiger partial charge in [0.2, 0.25) is 0 Å². The van der Waals surface area contributed by atoms with Crippen molar-refractivity contribution in [1.29, 1.82) is 0 Å². The van der Waals surface area contributed by atoms with Crippen molar-refractivity contribution < 1.29 is 15.0 Å². The number of rotatable bonds is 9. The molecule has 1 aromatic rings. The van der Waals surface area contributed by atoms with Crippen molar-refractivity contribution in [3.05, 3.63) is 35.9 Å². The third-order valence-corrected chi connectivity index (χ3v) is 3.27. The Balaban J connectivity index is 2.35. The summed E-state index contributed by atoms with van der Waals surface area (Å²) in [6.07, 6.45) is 2.49. The number of nitrogens with one attached hydrogen (secondary N) is 1. The molecule has 0 bridgehead atoms.